The van der Waals surface area contributed by atoms with Gasteiger partial charge >= 0.3 is 6.09 Å². The highest BCUT2D eigenvalue weighted by atomic mass is 35.5. The molecule has 1 aromatic heterocycles. The van der Waals surface area contributed by atoms with E-state index < -0.39 is 6.09 Å². The molecule has 1 amide bonds. The third kappa shape index (κ3) is 4.09. The highest BCUT2D eigenvalue weighted by Crippen LogP contribution is 2.28. The molecule has 0 spiro atoms. The first-order chi connectivity index (χ1) is 10.5. The molecule has 0 bridgehead atoms. The van der Waals surface area contributed by atoms with E-state index in [-0.39, 0.29) is 17.3 Å². The zero-order chi connectivity index (χ0) is 16.1. The van der Waals surface area contributed by atoms with Crippen LogP contribution in [0.3, 0.4) is 0 Å². The van der Waals surface area contributed by atoms with Gasteiger partial charge in [-0.15, -0.1) is 0 Å². The van der Waals surface area contributed by atoms with E-state index in [2.05, 4.69) is 9.97 Å². The smallest absolute Gasteiger partial charge is 0.418 e. The van der Waals surface area contributed by atoms with Gasteiger partial charge < -0.3 is 5.11 Å². The second-order valence-electron chi connectivity index (χ2n) is 4.01. The number of amides is 1. The highest BCUT2D eigenvalue weighted by Gasteiger charge is 2.19. The van der Waals surface area contributed by atoms with Gasteiger partial charge in [-0.25, -0.2) is 19.1 Å². The molecule has 0 radical (unpaired) electrons. The van der Waals surface area contributed by atoms with Gasteiger partial charge in [0.25, 0.3) is 0 Å². The van der Waals surface area contributed by atoms with Gasteiger partial charge in [-0.1, -0.05) is 23.2 Å². The average molecular weight is 358 g/mol. The lowest BCUT2D eigenvalue weighted by Gasteiger charge is -2.18. The molecule has 9 heteroatoms. The lowest BCUT2D eigenvalue weighted by atomic mass is 10.2. The average Bonchev–Trinajstić information content (AvgIpc) is 2.50. The number of hydrogen-bond donors (Lipinski definition) is 1. The van der Waals surface area contributed by atoms with Gasteiger partial charge in [0.05, 0.1) is 6.54 Å². The zero-order valence-corrected chi connectivity index (χ0v) is 13.3. The lowest BCUT2D eigenvalue weighted by Crippen LogP contribution is -2.22. The third-order valence-corrected chi connectivity index (χ3v) is 4.13. The van der Waals surface area contributed by atoms with Crippen molar-refractivity contribution in [1.82, 2.24) is 14.3 Å². The van der Waals surface area contributed by atoms with Crippen LogP contribution in [-0.2, 0) is 6.54 Å². The maximum atomic E-state index is 11.4. The summed E-state index contributed by atoms with van der Waals surface area (Å²) in [6.07, 6.45) is 2.04. The molecule has 22 heavy (non-hydrogen) atoms. The number of aldehydes is 1. The summed E-state index contributed by atoms with van der Waals surface area (Å²) in [5.74, 6) is 0. The van der Waals surface area contributed by atoms with E-state index in [1.54, 1.807) is 18.2 Å². The molecule has 0 aliphatic heterocycles. The van der Waals surface area contributed by atoms with E-state index in [0.717, 1.165) is 16.3 Å². The number of benzene rings is 1. The topological polar surface area (TPSA) is 83.4 Å². The lowest BCUT2D eigenvalue weighted by molar-refractivity contribution is 0.111. The van der Waals surface area contributed by atoms with Crippen LogP contribution in [0.1, 0.15) is 16.1 Å². The number of carbonyl (C=O) groups is 2. The Bertz CT molecular complexity index is 715. The molecule has 2 aromatic rings. The van der Waals surface area contributed by atoms with E-state index in [9.17, 15) is 14.7 Å². The number of nitrogens with zero attached hydrogens (tertiary/aromatic N) is 3. The van der Waals surface area contributed by atoms with Crippen molar-refractivity contribution in [3.8, 4) is 0 Å². The molecule has 1 heterocycles. The molecule has 0 fully saturated rings. The van der Waals surface area contributed by atoms with Crippen molar-refractivity contribution < 1.29 is 14.7 Å². The Kier molecular flexibility index (Phi) is 5.59. The summed E-state index contributed by atoms with van der Waals surface area (Å²) < 4.78 is 0.995. The number of carbonyl (C=O) groups excluding carboxylic acids is 1. The standard InChI is InChI=1S/C13H9Cl2N3O3S/c14-9-1-2-10(15)8(5-9)6-18(13(20)21)22-12-11(7-19)16-3-4-17-12/h1-5,7H,6H2,(H,20,21). The molecule has 0 unspecified atom stereocenters. The SMILES string of the molecule is O=Cc1nccnc1SN(Cc1cc(Cl)ccc1Cl)C(=O)O. The first-order valence-electron chi connectivity index (χ1n) is 5.90. The van der Waals surface area contributed by atoms with Gasteiger partial charge in [0.1, 0.15) is 10.7 Å². The summed E-state index contributed by atoms with van der Waals surface area (Å²) in [5.41, 5.74) is 0.608. The van der Waals surface area contributed by atoms with E-state index in [1.165, 1.54) is 12.4 Å². The molecule has 0 aliphatic carbocycles. The van der Waals surface area contributed by atoms with Crippen LogP contribution in [-0.4, -0.2) is 31.8 Å². The Labute approximate surface area is 140 Å². The number of hydrogen-bond acceptors (Lipinski definition) is 5. The Balaban J connectivity index is 2.25. The summed E-state index contributed by atoms with van der Waals surface area (Å²) in [6, 6.07) is 4.78. The molecular formula is C13H9Cl2N3O3S. The quantitative estimate of drug-likeness (QED) is 0.647. The minimum Gasteiger partial charge on any atom is -0.464 e. The van der Waals surface area contributed by atoms with E-state index in [1.807, 2.05) is 0 Å². The van der Waals surface area contributed by atoms with Crippen molar-refractivity contribution in [2.45, 2.75) is 11.6 Å². The Morgan fingerprint density at radius 1 is 1.32 bits per heavy atom. The maximum Gasteiger partial charge on any atom is 0.418 e. The van der Waals surface area contributed by atoms with Crippen molar-refractivity contribution >= 4 is 47.5 Å². The first kappa shape index (κ1) is 16.5. The number of halogens is 2. The van der Waals surface area contributed by atoms with E-state index >= 15 is 0 Å². The van der Waals surface area contributed by atoms with Gasteiger partial charge in [-0.3, -0.25) is 4.79 Å². The number of rotatable bonds is 5. The van der Waals surface area contributed by atoms with Crippen LogP contribution < -0.4 is 0 Å². The third-order valence-electron chi connectivity index (χ3n) is 2.53. The fourth-order valence-electron chi connectivity index (χ4n) is 1.55. The molecule has 0 atom stereocenters. The van der Waals surface area contributed by atoms with Gasteiger partial charge in [-0.05, 0) is 23.8 Å². The molecule has 0 saturated heterocycles. The van der Waals surface area contributed by atoms with Crippen LogP contribution in [0, 0.1) is 0 Å². The van der Waals surface area contributed by atoms with Crippen LogP contribution in [0.25, 0.3) is 0 Å². The predicted octanol–water partition coefficient (Wildman–Crippen LogP) is 3.78. The summed E-state index contributed by atoms with van der Waals surface area (Å²) in [6.45, 7) is -0.0196. The van der Waals surface area contributed by atoms with Crippen LogP contribution in [0.5, 0.6) is 0 Å². The molecule has 114 valence electrons. The van der Waals surface area contributed by atoms with Crippen LogP contribution in [0.4, 0.5) is 4.79 Å². The highest BCUT2D eigenvalue weighted by molar-refractivity contribution is 7.97. The predicted molar refractivity (Wildman–Crippen MR) is 83.3 cm³/mol. The van der Waals surface area contributed by atoms with Gasteiger partial charge in [-0.2, -0.15) is 0 Å². The van der Waals surface area contributed by atoms with Crippen LogP contribution in [0.2, 0.25) is 10.0 Å². The summed E-state index contributed by atoms with van der Waals surface area (Å²) in [5, 5.41) is 10.3. The second-order valence-corrected chi connectivity index (χ2v) is 5.86. The zero-order valence-electron chi connectivity index (χ0n) is 10.9. The Morgan fingerprint density at radius 2 is 2.05 bits per heavy atom. The van der Waals surface area contributed by atoms with E-state index in [4.69, 9.17) is 23.2 Å². The Hall–Kier alpha value is -1.83. The van der Waals surface area contributed by atoms with Crippen molar-refractivity contribution in [3.63, 3.8) is 0 Å². The fourth-order valence-corrected chi connectivity index (χ4v) is 2.71. The first-order valence-corrected chi connectivity index (χ1v) is 7.42. The van der Waals surface area contributed by atoms with Crippen LogP contribution >= 0.6 is 35.1 Å². The van der Waals surface area contributed by atoms with Gasteiger partial charge in [0.2, 0.25) is 0 Å². The van der Waals surface area contributed by atoms with Gasteiger partial charge in [0.15, 0.2) is 6.29 Å². The molecule has 1 N–H and O–H groups in total. The summed E-state index contributed by atoms with van der Waals surface area (Å²) >= 11 is 12.7. The normalized spacial score (nSPS) is 10.3. The summed E-state index contributed by atoms with van der Waals surface area (Å²) in [7, 11) is 0. The molecule has 0 saturated carbocycles. The minimum atomic E-state index is -1.21. The Morgan fingerprint density at radius 3 is 2.73 bits per heavy atom. The molecule has 2 rings (SSSR count). The van der Waals surface area contributed by atoms with Crippen molar-refractivity contribution in [1.29, 1.82) is 0 Å². The van der Waals surface area contributed by atoms with Crippen molar-refractivity contribution in [3.05, 3.63) is 51.9 Å². The molecular weight excluding hydrogens is 349 g/mol. The van der Waals surface area contributed by atoms with E-state index in [0.29, 0.717) is 21.9 Å². The molecule has 1 aromatic carbocycles. The molecule has 6 nitrogen and oxygen atoms in total. The van der Waals surface area contributed by atoms with Gasteiger partial charge in [0, 0.05) is 34.4 Å². The van der Waals surface area contributed by atoms with Crippen molar-refractivity contribution in [2.24, 2.45) is 0 Å². The largest absolute Gasteiger partial charge is 0.464 e. The number of carboxylic acid groups (broad SMARTS) is 1. The van der Waals surface area contributed by atoms with Crippen molar-refractivity contribution in [2.75, 3.05) is 0 Å². The summed E-state index contributed by atoms with van der Waals surface area (Å²) in [4.78, 5) is 30.1. The van der Waals surface area contributed by atoms with Crippen LogP contribution in [0.15, 0.2) is 35.6 Å². The minimum absolute atomic E-state index is 0.0196. The monoisotopic (exact) mass is 357 g/mol. The maximum absolute atomic E-state index is 11.4. The second kappa shape index (κ2) is 7.44. The number of aromatic nitrogens is 2. The fraction of sp³-hybridized carbons (Fsp3) is 0.0769. The molecule has 0 aliphatic rings.